The maximum atomic E-state index is 6.02. The van der Waals surface area contributed by atoms with Gasteiger partial charge < -0.3 is 14.2 Å². The van der Waals surface area contributed by atoms with E-state index in [0.29, 0.717) is 18.8 Å². The van der Waals surface area contributed by atoms with Gasteiger partial charge in [-0.25, -0.2) is 0 Å². The van der Waals surface area contributed by atoms with Crippen molar-refractivity contribution >= 4 is 15.9 Å². The molecule has 0 radical (unpaired) electrons. The number of hydrogen-bond donors (Lipinski definition) is 0. The molecule has 0 amide bonds. The molecule has 0 N–H and O–H groups in total. The van der Waals surface area contributed by atoms with Gasteiger partial charge in [0.05, 0.1) is 25.9 Å². The molecule has 1 aromatic carbocycles. The van der Waals surface area contributed by atoms with Crippen LogP contribution in [-0.4, -0.2) is 26.4 Å². The van der Waals surface area contributed by atoms with Gasteiger partial charge in [-0.05, 0) is 49.4 Å². The molecule has 0 spiro atoms. The second-order valence-electron chi connectivity index (χ2n) is 4.91. The summed E-state index contributed by atoms with van der Waals surface area (Å²) in [5.41, 5.74) is 1.12. The Balaban J connectivity index is 1.91. The highest BCUT2D eigenvalue weighted by molar-refractivity contribution is 9.10. The maximum absolute atomic E-state index is 6.02. The number of halogens is 1. The third-order valence-corrected chi connectivity index (χ3v) is 4.41. The molecule has 1 fully saturated rings. The van der Waals surface area contributed by atoms with Crippen LogP contribution in [0.1, 0.15) is 31.2 Å². The minimum absolute atomic E-state index is 0.303. The summed E-state index contributed by atoms with van der Waals surface area (Å²) < 4.78 is 17.7. The summed E-state index contributed by atoms with van der Waals surface area (Å²) in [7, 11) is 3.46. The first-order valence-corrected chi connectivity index (χ1v) is 7.49. The Morgan fingerprint density at radius 2 is 2.00 bits per heavy atom. The molecule has 1 aliphatic rings. The summed E-state index contributed by atoms with van der Waals surface area (Å²) in [5.74, 6) is 0.861. The Hall–Kier alpha value is -0.580. The predicted octanol–water partition coefficient (Wildman–Crippen LogP) is 3.93. The Kier molecular flexibility index (Phi) is 5.67. The van der Waals surface area contributed by atoms with Crippen LogP contribution in [0.15, 0.2) is 22.7 Å². The first kappa shape index (κ1) is 14.8. The van der Waals surface area contributed by atoms with Crippen molar-refractivity contribution in [3.63, 3.8) is 0 Å². The van der Waals surface area contributed by atoms with E-state index in [2.05, 4.69) is 15.9 Å². The summed E-state index contributed by atoms with van der Waals surface area (Å²) in [6, 6.07) is 5.95. The Morgan fingerprint density at radius 3 is 2.74 bits per heavy atom. The molecule has 2 atom stereocenters. The van der Waals surface area contributed by atoms with E-state index >= 15 is 0 Å². The average molecular weight is 329 g/mol. The van der Waals surface area contributed by atoms with E-state index in [-0.39, 0.29) is 0 Å². The van der Waals surface area contributed by atoms with Gasteiger partial charge in [-0.3, -0.25) is 0 Å². The van der Waals surface area contributed by atoms with E-state index in [0.717, 1.165) is 35.0 Å². The van der Waals surface area contributed by atoms with E-state index in [1.54, 1.807) is 14.2 Å². The van der Waals surface area contributed by atoms with Gasteiger partial charge in [-0.1, -0.05) is 15.9 Å². The first-order valence-electron chi connectivity index (χ1n) is 6.69. The van der Waals surface area contributed by atoms with Gasteiger partial charge in [0, 0.05) is 11.6 Å². The van der Waals surface area contributed by atoms with Crippen molar-refractivity contribution in [2.24, 2.45) is 0 Å². The van der Waals surface area contributed by atoms with Crippen molar-refractivity contribution in [1.29, 1.82) is 0 Å². The van der Waals surface area contributed by atoms with Crippen LogP contribution in [0.4, 0.5) is 0 Å². The van der Waals surface area contributed by atoms with E-state index < -0.39 is 0 Å². The largest absolute Gasteiger partial charge is 0.497 e. The molecule has 0 heterocycles. The molecule has 1 saturated carbocycles. The van der Waals surface area contributed by atoms with Crippen LogP contribution >= 0.6 is 15.9 Å². The SMILES string of the molecule is COc1ccc(Br)c(COC2CCCC(OC)C2)c1. The molecule has 1 aliphatic carbocycles. The Bertz CT molecular complexity index is 408. The molecule has 2 unspecified atom stereocenters. The lowest BCUT2D eigenvalue weighted by molar-refractivity contribution is -0.0365. The molecular formula is C15H21BrO3. The first-order chi connectivity index (χ1) is 9.22. The molecular weight excluding hydrogens is 308 g/mol. The van der Waals surface area contributed by atoms with Crippen molar-refractivity contribution in [3.8, 4) is 5.75 Å². The van der Waals surface area contributed by atoms with Crippen molar-refractivity contribution in [1.82, 2.24) is 0 Å². The summed E-state index contributed by atoms with van der Waals surface area (Å²) >= 11 is 3.55. The number of hydrogen-bond acceptors (Lipinski definition) is 3. The Morgan fingerprint density at radius 1 is 1.21 bits per heavy atom. The molecule has 3 nitrogen and oxygen atoms in total. The molecule has 2 rings (SSSR count). The lowest BCUT2D eigenvalue weighted by Gasteiger charge is -2.28. The van der Waals surface area contributed by atoms with E-state index in [1.807, 2.05) is 18.2 Å². The second-order valence-corrected chi connectivity index (χ2v) is 5.77. The summed E-state index contributed by atoms with van der Waals surface area (Å²) in [6.45, 7) is 0.610. The van der Waals surface area contributed by atoms with Gasteiger partial charge >= 0.3 is 0 Å². The topological polar surface area (TPSA) is 27.7 Å². The zero-order valence-corrected chi connectivity index (χ0v) is 13.1. The third-order valence-electron chi connectivity index (χ3n) is 3.64. The maximum Gasteiger partial charge on any atom is 0.119 e. The lowest BCUT2D eigenvalue weighted by atomic mass is 9.95. The molecule has 0 aromatic heterocycles. The fourth-order valence-corrected chi connectivity index (χ4v) is 2.82. The third kappa shape index (κ3) is 4.20. The fraction of sp³-hybridized carbons (Fsp3) is 0.600. The van der Waals surface area contributed by atoms with Gasteiger partial charge in [0.1, 0.15) is 5.75 Å². The van der Waals surface area contributed by atoms with Crippen LogP contribution in [0, 0.1) is 0 Å². The molecule has 0 bridgehead atoms. The highest BCUT2D eigenvalue weighted by Gasteiger charge is 2.22. The summed E-state index contributed by atoms with van der Waals surface area (Å²) in [4.78, 5) is 0. The lowest BCUT2D eigenvalue weighted by Crippen LogP contribution is -2.27. The van der Waals surface area contributed by atoms with Crippen molar-refractivity contribution < 1.29 is 14.2 Å². The van der Waals surface area contributed by atoms with E-state index in [9.17, 15) is 0 Å². The number of methoxy groups -OCH3 is 2. The van der Waals surface area contributed by atoms with Gasteiger partial charge in [0.15, 0.2) is 0 Å². The smallest absolute Gasteiger partial charge is 0.119 e. The average Bonchev–Trinajstić information content (AvgIpc) is 2.46. The van der Waals surface area contributed by atoms with Gasteiger partial charge in [-0.2, -0.15) is 0 Å². The second kappa shape index (κ2) is 7.27. The van der Waals surface area contributed by atoms with Crippen LogP contribution in [0.5, 0.6) is 5.75 Å². The van der Waals surface area contributed by atoms with Crippen molar-refractivity contribution in [3.05, 3.63) is 28.2 Å². The minimum Gasteiger partial charge on any atom is -0.497 e. The number of ether oxygens (including phenoxy) is 3. The van der Waals surface area contributed by atoms with Crippen molar-refractivity contribution in [2.75, 3.05) is 14.2 Å². The molecule has 1 aromatic rings. The molecule has 4 heteroatoms. The molecule has 106 valence electrons. The van der Waals surface area contributed by atoms with Crippen LogP contribution in [-0.2, 0) is 16.1 Å². The predicted molar refractivity (Wildman–Crippen MR) is 78.5 cm³/mol. The van der Waals surface area contributed by atoms with Gasteiger partial charge in [0.2, 0.25) is 0 Å². The van der Waals surface area contributed by atoms with Gasteiger partial charge in [-0.15, -0.1) is 0 Å². The quantitative estimate of drug-likeness (QED) is 0.819. The highest BCUT2D eigenvalue weighted by Crippen LogP contribution is 2.27. The number of rotatable bonds is 5. The molecule has 0 aliphatic heterocycles. The summed E-state index contributed by atoms with van der Waals surface area (Å²) in [6.07, 6.45) is 5.12. The van der Waals surface area contributed by atoms with Crippen LogP contribution in [0.25, 0.3) is 0 Å². The fourth-order valence-electron chi connectivity index (χ4n) is 2.46. The van der Waals surface area contributed by atoms with Crippen LogP contribution in [0.3, 0.4) is 0 Å². The highest BCUT2D eigenvalue weighted by atomic mass is 79.9. The van der Waals surface area contributed by atoms with Crippen LogP contribution < -0.4 is 4.74 Å². The van der Waals surface area contributed by atoms with Gasteiger partial charge in [0.25, 0.3) is 0 Å². The van der Waals surface area contributed by atoms with Crippen LogP contribution in [0.2, 0.25) is 0 Å². The molecule has 19 heavy (non-hydrogen) atoms. The number of benzene rings is 1. The van der Waals surface area contributed by atoms with E-state index in [4.69, 9.17) is 14.2 Å². The minimum atomic E-state index is 0.303. The zero-order valence-electron chi connectivity index (χ0n) is 11.5. The monoisotopic (exact) mass is 328 g/mol. The van der Waals surface area contributed by atoms with Crippen molar-refractivity contribution in [2.45, 2.75) is 44.5 Å². The Labute approximate surface area is 123 Å². The summed E-state index contributed by atoms with van der Waals surface area (Å²) in [5, 5.41) is 0. The zero-order chi connectivity index (χ0) is 13.7. The van der Waals surface area contributed by atoms with E-state index in [1.165, 1.54) is 6.42 Å². The normalized spacial score (nSPS) is 23.3. The molecule has 0 saturated heterocycles. The standard InChI is InChI=1S/C15H21BrO3/c1-17-12-4-3-5-14(9-12)19-10-11-8-13(18-2)6-7-15(11)16/h6-8,12,14H,3-5,9-10H2,1-2H3.